The summed E-state index contributed by atoms with van der Waals surface area (Å²) >= 11 is 0. The van der Waals surface area contributed by atoms with Gasteiger partial charge in [-0.3, -0.25) is 9.59 Å². The highest BCUT2D eigenvalue weighted by atomic mass is 16.6. The number of hydrogen-bond acceptors (Lipinski definition) is 15. The van der Waals surface area contributed by atoms with Crippen molar-refractivity contribution in [3.8, 4) is 0 Å². The van der Waals surface area contributed by atoms with Crippen LogP contribution in [0.3, 0.4) is 0 Å². The first-order valence-corrected chi connectivity index (χ1v) is 21.1. The molecule has 0 aliphatic rings. The minimum absolute atomic E-state index is 0.0585. The van der Waals surface area contributed by atoms with Crippen molar-refractivity contribution in [2.24, 2.45) is 0 Å². The van der Waals surface area contributed by atoms with Crippen molar-refractivity contribution < 1.29 is 71.9 Å². The van der Waals surface area contributed by atoms with E-state index in [1.807, 2.05) is 0 Å². The predicted octanol–water partition coefficient (Wildman–Crippen LogP) is 4.36. The quantitative estimate of drug-likeness (QED) is 0.0808. The average Bonchev–Trinajstić information content (AvgIpc) is 3.18. The number of esters is 2. The fourth-order valence-corrected chi connectivity index (χ4v) is 5.01. The molecule has 0 radical (unpaired) electrons. The van der Waals surface area contributed by atoms with Crippen molar-refractivity contribution in [1.29, 1.82) is 0 Å². The second-order valence-corrected chi connectivity index (χ2v) is 18.8. The molecular weight excluding hydrogens is 865 g/mol. The van der Waals surface area contributed by atoms with E-state index in [-0.39, 0.29) is 61.5 Å². The lowest BCUT2D eigenvalue weighted by Gasteiger charge is -2.23. The summed E-state index contributed by atoms with van der Waals surface area (Å²) in [5.41, 5.74) is -2.73. The van der Waals surface area contributed by atoms with Crippen LogP contribution in [0.4, 0.5) is 19.2 Å². The number of aliphatic hydroxyl groups is 1. The maximum absolute atomic E-state index is 13.0. The van der Waals surface area contributed by atoms with Crippen LogP contribution in [-0.4, -0.2) is 133 Å². The number of hydrogen-bond donors (Lipinski definition) is 7. The maximum atomic E-state index is 13.0. The predicted molar refractivity (Wildman–Crippen MR) is 239 cm³/mol. The highest BCUT2D eigenvalue weighted by molar-refractivity contribution is 5.97. The molecule has 66 heavy (non-hydrogen) atoms. The molecule has 0 saturated carbocycles. The SMILES string of the molecule is CC(C)(C)OC(=O)NCC(CNC(=O)OC(C)(C)C)OC(=O)c1ccc(C(=O)NCC(O)CNC(=O)c2ccc(C(=O)OC(CNC(=O)OC(C)(C)C)CNC(=O)OC(C)(C)C)cc2)cc1. The van der Waals surface area contributed by atoms with Gasteiger partial charge in [0.15, 0.2) is 0 Å². The summed E-state index contributed by atoms with van der Waals surface area (Å²) in [7, 11) is 0. The molecule has 0 aliphatic carbocycles. The summed E-state index contributed by atoms with van der Waals surface area (Å²) in [5, 5.41) is 25.6. The van der Waals surface area contributed by atoms with Gasteiger partial charge in [0, 0.05) is 24.2 Å². The number of benzene rings is 2. The van der Waals surface area contributed by atoms with Crippen molar-refractivity contribution in [3.05, 3.63) is 70.8 Å². The van der Waals surface area contributed by atoms with Gasteiger partial charge in [-0.1, -0.05) is 0 Å². The fourth-order valence-electron chi connectivity index (χ4n) is 5.01. The van der Waals surface area contributed by atoms with Crippen LogP contribution in [0, 0.1) is 0 Å². The van der Waals surface area contributed by atoms with Gasteiger partial charge in [-0.05, 0) is 132 Å². The number of ether oxygens (including phenoxy) is 6. The number of amides is 6. The van der Waals surface area contributed by atoms with Crippen molar-refractivity contribution in [2.45, 2.75) is 124 Å². The Labute approximate surface area is 385 Å². The van der Waals surface area contributed by atoms with Gasteiger partial charge in [0.1, 0.15) is 34.6 Å². The van der Waals surface area contributed by atoms with Crippen LogP contribution >= 0.6 is 0 Å². The van der Waals surface area contributed by atoms with Crippen molar-refractivity contribution in [1.82, 2.24) is 31.9 Å². The maximum Gasteiger partial charge on any atom is 0.407 e. The second kappa shape index (κ2) is 24.6. The van der Waals surface area contributed by atoms with Crippen LogP contribution in [-0.2, 0) is 28.4 Å². The Bertz CT molecular complexity index is 1770. The molecule has 7 N–H and O–H groups in total. The Kier molecular flexibility index (Phi) is 20.7. The molecule has 21 heteroatoms. The van der Waals surface area contributed by atoms with Crippen LogP contribution in [0.2, 0.25) is 0 Å². The van der Waals surface area contributed by atoms with E-state index in [0.717, 1.165) is 0 Å². The number of carbonyl (C=O) groups excluding carboxylic acids is 8. The van der Waals surface area contributed by atoms with E-state index in [9.17, 15) is 43.5 Å². The van der Waals surface area contributed by atoms with E-state index in [1.165, 1.54) is 48.5 Å². The lowest BCUT2D eigenvalue weighted by atomic mass is 10.1. The minimum atomic E-state index is -1.21. The molecule has 0 bridgehead atoms. The van der Waals surface area contributed by atoms with Crippen molar-refractivity contribution in [3.63, 3.8) is 0 Å². The Balaban J connectivity index is 1.93. The number of carbonyl (C=O) groups is 8. The van der Waals surface area contributed by atoms with Crippen LogP contribution < -0.4 is 31.9 Å². The number of rotatable bonds is 18. The van der Waals surface area contributed by atoms with Crippen molar-refractivity contribution in [2.75, 3.05) is 39.3 Å². The third kappa shape index (κ3) is 23.9. The second-order valence-electron chi connectivity index (χ2n) is 18.8. The van der Waals surface area contributed by atoms with E-state index >= 15 is 0 Å². The van der Waals surface area contributed by atoms with Crippen LogP contribution in [0.5, 0.6) is 0 Å². The van der Waals surface area contributed by atoms with Gasteiger partial charge in [-0.2, -0.15) is 0 Å². The highest BCUT2D eigenvalue weighted by Crippen LogP contribution is 2.13. The fraction of sp³-hybridized carbons (Fsp3) is 0.556. The highest BCUT2D eigenvalue weighted by Gasteiger charge is 2.25. The van der Waals surface area contributed by atoms with E-state index in [2.05, 4.69) is 31.9 Å². The van der Waals surface area contributed by atoms with Gasteiger partial charge in [0.05, 0.1) is 43.4 Å². The van der Waals surface area contributed by atoms with E-state index < -0.39 is 88.8 Å². The third-order valence-corrected chi connectivity index (χ3v) is 7.80. The first kappa shape index (κ1) is 55.5. The van der Waals surface area contributed by atoms with Crippen LogP contribution in [0.15, 0.2) is 48.5 Å². The lowest BCUT2D eigenvalue weighted by Crippen LogP contribution is -2.44. The molecule has 0 unspecified atom stereocenters. The molecule has 0 aromatic heterocycles. The molecule has 21 nitrogen and oxygen atoms in total. The van der Waals surface area contributed by atoms with Crippen LogP contribution in [0.1, 0.15) is 125 Å². The Morgan fingerprint density at radius 3 is 0.848 bits per heavy atom. The monoisotopic (exact) mass is 930 g/mol. The first-order chi connectivity index (χ1) is 30.4. The summed E-state index contributed by atoms with van der Waals surface area (Å²) in [4.78, 5) is 101. The Morgan fingerprint density at radius 1 is 0.394 bits per heavy atom. The lowest BCUT2D eigenvalue weighted by molar-refractivity contribution is 0.0221. The smallest absolute Gasteiger partial charge is 0.407 e. The van der Waals surface area contributed by atoms with Crippen molar-refractivity contribution >= 4 is 48.1 Å². The molecular formula is C45H66N6O15. The van der Waals surface area contributed by atoms with Gasteiger partial charge in [-0.15, -0.1) is 0 Å². The van der Waals surface area contributed by atoms with Gasteiger partial charge in [0.2, 0.25) is 0 Å². The minimum Gasteiger partial charge on any atom is -0.455 e. The van der Waals surface area contributed by atoms with Gasteiger partial charge in [0.25, 0.3) is 11.8 Å². The van der Waals surface area contributed by atoms with Gasteiger partial charge in [-0.25, -0.2) is 28.8 Å². The third-order valence-electron chi connectivity index (χ3n) is 7.80. The average molecular weight is 931 g/mol. The molecule has 0 spiro atoms. The molecule has 0 heterocycles. The largest absolute Gasteiger partial charge is 0.455 e. The normalized spacial score (nSPS) is 11.8. The summed E-state index contributed by atoms with van der Waals surface area (Å²) in [5.74, 6) is -2.81. The molecule has 0 fully saturated rings. The number of aliphatic hydroxyl groups excluding tert-OH is 1. The molecule has 0 saturated heterocycles. The summed E-state index contributed by atoms with van der Waals surface area (Å²) in [6.07, 6.45) is -6.32. The van der Waals surface area contributed by atoms with E-state index in [4.69, 9.17) is 28.4 Å². The van der Waals surface area contributed by atoms with Gasteiger partial charge < -0.3 is 65.4 Å². The zero-order valence-electron chi connectivity index (χ0n) is 39.8. The van der Waals surface area contributed by atoms with E-state index in [0.29, 0.717) is 0 Å². The molecule has 6 amide bonds. The standard InChI is InChI=1S/C45H66N6O15/c1-42(2,3)63-38(57)48-23-32(24-49-39(58)64-43(4,5)6)61-36(55)29-17-13-27(14-18-29)34(53)46-21-31(52)22-47-35(54)28-15-19-30(20-16-28)37(56)62-33(25-50-40(59)65-44(7,8)9)26-51-41(60)66-45(10,11)12/h13-20,31-33,52H,21-26H2,1-12H3,(H,46,53)(H,47,54)(H,48,57)(H,49,58)(H,50,59)(H,51,60). The zero-order valence-corrected chi connectivity index (χ0v) is 39.8. The van der Waals surface area contributed by atoms with Gasteiger partial charge >= 0.3 is 36.3 Å². The number of nitrogens with one attached hydrogen (secondary N) is 6. The topological polar surface area (TPSA) is 284 Å². The molecule has 366 valence electrons. The molecule has 2 aromatic carbocycles. The summed E-state index contributed by atoms with van der Waals surface area (Å²) in [6, 6.07) is 10.8. The molecule has 2 rings (SSSR count). The van der Waals surface area contributed by atoms with Crippen LogP contribution in [0.25, 0.3) is 0 Å². The van der Waals surface area contributed by atoms with E-state index in [1.54, 1.807) is 83.1 Å². The summed E-state index contributed by atoms with van der Waals surface area (Å²) in [6.45, 7) is 18.9. The first-order valence-electron chi connectivity index (χ1n) is 21.1. The molecule has 2 aromatic rings. The Morgan fingerprint density at radius 2 is 0.621 bits per heavy atom. The Hall–Kier alpha value is -6.64. The molecule has 0 atom stereocenters. The summed E-state index contributed by atoms with van der Waals surface area (Å²) < 4.78 is 32.0. The zero-order chi connectivity index (χ0) is 50.0. The molecule has 0 aliphatic heterocycles. The number of alkyl carbamates (subject to hydrolysis) is 4.